The first-order chi connectivity index (χ1) is 13.1. The Kier molecular flexibility index (Phi) is 4.92. The van der Waals surface area contributed by atoms with Gasteiger partial charge in [0.05, 0.1) is 0 Å². The fourth-order valence-electron chi connectivity index (χ4n) is 2.84. The van der Waals surface area contributed by atoms with Crippen molar-refractivity contribution in [1.29, 1.82) is 10.5 Å². The predicted octanol–water partition coefficient (Wildman–Crippen LogP) is 3.25. The van der Waals surface area contributed by atoms with Crippen LogP contribution in [0.1, 0.15) is 22.3 Å². The summed E-state index contributed by atoms with van der Waals surface area (Å²) in [6.07, 6.45) is 0. The minimum absolute atomic E-state index is 0.0399. The average Bonchev–Trinajstić information content (AvgIpc) is 2.67. The van der Waals surface area contributed by atoms with Gasteiger partial charge in [-0.25, -0.2) is 0 Å². The van der Waals surface area contributed by atoms with Crippen molar-refractivity contribution in [1.82, 2.24) is 4.98 Å². The molecule has 0 fully saturated rings. The van der Waals surface area contributed by atoms with Crippen LogP contribution in [-0.2, 0) is 6.61 Å². The molecule has 0 spiro atoms. The third kappa shape index (κ3) is 3.37. The molecule has 27 heavy (non-hydrogen) atoms. The van der Waals surface area contributed by atoms with Crippen LogP contribution in [0.3, 0.4) is 0 Å². The highest BCUT2D eigenvalue weighted by Crippen LogP contribution is 2.35. The molecule has 2 aromatic carbocycles. The van der Waals surface area contributed by atoms with E-state index in [4.69, 9.17) is 10.5 Å². The zero-order valence-corrected chi connectivity index (χ0v) is 14.6. The number of aromatic amines is 1. The van der Waals surface area contributed by atoms with E-state index >= 15 is 0 Å². The van der Waals surface area contributed by atoms with Crippen molar-refractivity contribution in [2.75, 3.05) is 5.73 Å². The monoisotopic (exact) mass is 356 g/mol. The molecule has 0 unspecified atom stereocenters. The molecule has 1 aromatic heterocycles. The van der Waals surface area contributed by atoms with Crippen molar-refractivity contribution < 1.29 is 4.74 Å². The SMILES string of the molecule is Cc1ccccc1COc1ccccc1-c1c(C#N)c(N)[nH]c(=O)c1C#N. The van der Waals surface area contributed by atoms with Gasteiger partial charge >= 0.3 is 0 Å². The summed E-state index contributed by atoms with van der Waals surface area (Å²) in [7, 11) is 0. The van der Waals surface area contributed by atoms with Gasteiger partial charge in [-0.15, -0.1) is 0 Å². The predicted molar refractivity (Wildman–Crippen MR) is 102 cm³/mol. The number of hydrogen-bond donors (Lipinski definition) is 2. The lowest BCUT2D eigenvalue weighted by molar-refractivity contribution is 0.306. The highest BCUT2D eigenvalue weighted by molar-refractivity contribution is 5.83. The minimum Gasteiger partial charge on any atom is -0.488 e. The first kappa shape index (κ1) is 17.8. The maximum Gasteiger partial charge on any atom is 0.268 e. The van der Waals surface area contributed by atoms with Gasteiger partial charge in [0, 0.05) is 11.1 Å². The summed E-state index contributed by atoms with van der Waals surface area (Å²) >= 11 is 0. The van der Waals surface area contributed by atoms with E-state index in [1.165, 1.54) is 0 Å². The number of hydrogen-bond acceptors (Lipinski definition) is 5. The quantitative estimate of drug-likeness (QED) is 0.744. The number of nitrogens with one attached hydrogen (secondary N) is 1. The molecule has 0 aliphatic carbocycles. The molecular weight excluding hydrogens is 340 g/mol. The summed E-state index contributed by atoms with van der Waals surface area (Å²) in [5.74, 6) is 0.379. The number of nitriles is 2. The molecule has 6 heteroatoms. The van der Waals surface area contributed by atoms with E-state index in [9.17, 15) is 15.3 Å². The first-order valence-electron chi connectivity index (χ1n) is 8.19. The molecular formula is C21H16N4O2. The molecule has 3 aromatic rings. The van der Waals surface area contributed by atoms with Crippen LogP contribution in [-0.4, -0.2) is 4.98 Å². The van der Waals surface area contributed by atoms with Crippen LogP contribution in [0.15, 0.2) is 53.3 Å². The maximum atomic E-state index is 12.2. The van der Waals surface area contributed by atoms with Gasteiger partial charge in [-0.1, -0.05) is 42.5 Å². The number of nitrogen functional groups attached to an aromatic ring is 1. The Morgan fingerprint density at radius 3 is 2.41 bits per heavy atom. The van der Waals surface area contributed by atoms with Crippen molar-refractivity contribution in [3.8, 4) is 29.0 Å². The summed E-state index contributed by atoms with van der Waals surface area (Å²) < 4.78 is 5.97. The van der Waals surface area contributed by atoms with E-state index in [0.717, 1.165) is 11.1 Å². The number of aromatic nitrogens is 1. The van der Waals surface area contributed by atoms with Crippen LogP contribution in [0.5, 0.6) is 5.75 Å². The fraction of sp³-hybridized carbons (Fsp3) is 0.0952. The molecule has 0 saturated heterocycles. The van der Waals surface area contributed by atoms with Gasteiger partial charge in [0.2, 0.25) is 0 Å². The van der Waals surface area contributed by atoms with Gasteiger partial charge in [0.15, 0.2) is 0 Å². The lowest BCUT2D eigenvalue weighted by Gasteiger charge is -2.15. The standard InChI is InChI=1S/C21H16N4O2/c1-13-6-2-3-7-14(13)12-27-18-9-5-4-8-15(18)19-16(10-22)20(24)25-21(26)17(19)11-23/h2-9H,12H2,1H3,(H3,24,25,26). The molecule has 0 saturated carbocycles. The fourth-order valence-corrected chi connectivity index (χ4v) is 2.84. The molecule has 0 radical (unpaired) electrons. The van der Waals surface area contributed by atoms with Gasteiger partial charge in [-0.3, -0.25) is 4.79 Å². The van der Waals surface area contributed by atoms with Gasteiger partial charge in [-0.05, 0) is 24.1 Å². The zero-order chi connectivity index (χ0) is 19.4. The Labute approximate surface area is 156 Å². The highest BCUT2D eigenvalue weighted by atomic mass is 16.5. The zero-order valence-electron chi connectivity index (χ0n) is 14.6. The molecule has 0 aliphatic heterocycles. The van der Waals surface area contributed by atoms with Gasteiger partial charge in [-0.2, -0.15) is 10.5 Å². The molecule has 0 amide bonds. The van der Waals surface area contributed by atoms with Crippen LogP contribution >= 0.6 is 0 Å². The number of ether oxygens (including phenoxy) is 1. The number of nitrogens with zero attached hydrogens (tertiary/aromatic N) is 2. The first-order valence-corrected chi connectivity index (χ1v) is 8.19. The highest BCUT2D eigenvalue weighted by Gasteiger charge is 2.20. The molecule has 0 atom stereocenters. The van der Waals surface area contributed by atoms with E-state index in [1.54, 1.807) is 24.3 Å². The summed E-state index contributed by atoms with van der Waals surface area (Å²) in [6, 6.07) is 18.6. The third-order valence-corrected chi connectivity index (χ3v) is 4.27. The van der Waals surface area contributed by atoms with Crippen molar-refractivity contribution in [2.24, 2.45) is 0 Å². The number of nitrogens with two attached hydrogens (primary N) is 1. The maximum absolute atomic E-state index is 12.2. The molecule has 3 N–H and O–H groups in total. The lowest BCUT2D eigenvalue weighted by Crippen LogP contribution is -2.16. The Morgan fingerprint density at radius 1 is 1.04 bits per heavy atom. The molecule has 3 rings (SSSR count). The molecule has 1 heterocycles. The normalized spacial score (nSPS) is 10.0. The number of para-hydroxylation sites is 1. The molecule has 6 nitrogen and oxygen atoms in total. The van der Waals surface area contributed by atoms with Crippen molar-refractivity contribution in [3.05, 3.63) is 81.1 Å². The number of benzene rings is 2. The third-order valence-electron chi connectivity index (χ3n) is 4.27. The Morgan fingerprint density at radius 2 is 1.70 bits per heavy atom. The molecule has 132 valence electrons. The van der Waals surface area contributed by atoms with Crippen molar-refractivity contribution >= 4 is 5.82 Å². The van der Waals surface area contributed by atoms with Crippen molar-refractivity contribution in [2.45, 2.75) is 13.5 Å². The number of aryl methyl sites for hydroxylation is 1. The Hall–Kier alpha value is -4.03. The number of rotatable bonds is 4. The van der Waals surface area contributed by atoms with E-state index in [-0.39, 0.29) is 22.5 Å². The summed E-state index contributed by atoms with van der Waals surface area (Å²) in [4.78, 5) is 14.5. The smallest absolute Gasteiger partial charge is 0.268 e. The number of pyridine rings is 1. The van der Waals surface area contributed by atoms with Gasteiger partial charge < -0.3 is 15.5 Å². The summed E-state index contributed by atoms with van der Waals surface area (Å²) in [5.41, 5.74) is 7.78. The van der Waals surface area contributed by atoms with E-state index in [2.05, 4.69) is 4.98 Å². The number of anilines is 1. The van der Waals surface area contributed by atoms with Crippen molar-refractivity contribution in [3.63, 3.8) is 0 Å². The lowest BCUT2D eigenvalue weighted by atomic mass is 9.96. The van der Waals surface area contributed by atoms with E-state index in [1.807, 2.05) is 43.3 Å². The summed E-state index contributed by atoms with van der Waals surface area (Å²) in [5, 5.41) is 18.9. The largest absolute Gasteiger partial charge is 0.488 e. The average molecular weight is 356 g/mol. The van der Waals surface area contributed by atoms with Gasteiger partial charge in [0.1, 0.15) is 41.4 Å². The number of H-pyrrole nitrogens is 1. The van der Waals surface area contributed by atoms with E-state index in [0.29, 0.717) is 17.9 Å². The van der Waals surface area contributed by atoms with Crippen LogP contribution in [0.2, 0.25) is 0 Å². The molecule has 0 bridgehead atoms. The van der Waals surface area contributed by atoms with Gasteiger partial charge in [0.25, 0.3) is 5.56 Å². The van der Waals surface area contributed by atoms with Crippen LogP contribution in [0.25, 0.3) is 11.1 Å². The Balaban J connectivity index is 2.13. The topological polar surface area (TPSA) is 116 Å². The minimum atomic E-state index is -0.641. The second kappa shape index (κ2) is 7.47. The molecule has 0 aliphatic rings. The second-order valence-electron chi connectivity index (χ2n) is 5.93. The van der Waals surface area contributed by atoms with Crippen LogP contribution < -0.4 is 16.0 Å². The summed E-state index contributed by atoms with van der Waals surface area (Å²) in [6.45, 7) is 2.30. The Bertz CT molecular complexity index is 1150. The van der Waals surface area contributed by atoms with E-state index < -0.39 is 5.56 Å². The van der Waals surface area contributed by atoms with Crippen LogP contribution in [0.4, 0.5) is 5.82 Å². The second-order valence-corrected chi connectivity index (χ2v) is 5.93. The van der Waals surface area contributed by atoms with Crippen LogP contribution in [0, 0.1) is 29.6 Å².